The zero-order valence-corrected chi connectivity index (χ0v) is 11.9. The van der Waals surface area contributed by atoms with Gasteiger partial charge in [-0.2, -0.15) is 0 Å². The van der Waals surface area contributed by atoms with Crippen LogP contribution in [0.3, 0.4) is 0 Å². The Morgan fingerprint density at radius 3 is 2.26 bits per heavy atom. The average Bonchev–Trinajstić information content (AvgIpc) is 2.87. The lowest BCUT2D eigenvalue weighted by Gasteiger charge is -2.24. The van der Waals surface area contributed by atoms with Crippen LogP contribution in [0.4, 0.5) is 4.79 Å². The van der Waals surface area contributed by atoms with Gasteiger partial charge in [-0.05, 0) is 30.6 Å². The molecule has 2 amide bonds. The molecule has 2 fully saturated rings. The molecule has 1 saturated heterocycles. The van der Waals surface area contributed by atoms with Crippen molar-refractivity contribution >= 4 is 12.0 Å². The molecule has 2 N–H and O–H groups in total. The first kappa shape index (κ1) is 14.2. The van der Waals surface area contributed by atoms with E-state index in [-0.39, 0.29) is 18.0 Å². The van der Waals surface area contributed by atoms with Gasteiger partial charge in [-0.1, -0.05) is 20.8 Å². The maximum absolute atomic E-state index is 12.2. The van der Waals surface area contributed by atoms with E-state index in [4.69, 9.17) is 5.11 Å². The Labute approximate surface area is 114 Å². The third kappa shape index (κ3) is 2.85. The first-order valence-corrected chi connectivity index (χ1v) is 7.18. The Morgan fingerprint density at radius 1 is 1.11 bits per heavy atom. The van der Waals surface area contributed by atoms with Crippen LogP contribution >= 0.6 is 0 Å². The molecule has 5 atom stereocenters. The topological polar surface area (TPSA) is 69.6 Å². The molecule has 5 unspecified atom stereocenters. The third-order valence-corrected chi connectivity index (χ3v) is 4.99. The number of hydrogen-bond donors (Lipinski definition) is 2. The van der Waals surface area contributed by atoms with Gasteiger partial charge in [-0.3, -0.25) is 4.79 Å². The zero-order valence-electron chi connectivity index (χ0n) is 11.9. The highest BCUT2D eigenvalue weighted by atomic mass is 16.4. The lowest BCUT2D eigenvalue weighted by Crippen LogP contribution is -2.45. The fourth-order valence-corrected chi connectivity index (χ4v) is 3.27. The summed E-state index contributed by atoms with van der Waals surface area (Å²) in [5, 5.41) is 12.2. The summed E-state index contributed by atoms with van der Waals surface area (Å²) in [5.41, 5.74) is 0. The molecular weight excluding hydrogens is 244 g/mol. The molecular formula is C14H24N2O3. The van der Waals surface area contributed by atoms with Gasteiger partial charge >= 0.3 is 12.0 Å². The second kappa shape index (κ2) is 5.39. The molecule has 0 radical (unpaired) electrons. The van der Waals surface area contributed by atoms with Gasteiger partial charge in [0.05, 0.1) is 5.92 Å². The van der Waals surface area contributed by atoms with E-state index in [1.165, 1.54) is 0 Å². The Morgan fingerprint density at radius 2 is 1.79 bits per heavy atom. The average molecular weight is 268 g/mol. The van der Waals surface area contributed by atoms with Gasteiger partial charge in [-0.15, -0.1) is 0 Å². The minimum absolute atomic E-state index is 0.0307. The molecule has 1 aliphatic heterocycles. The molecule has 0 aromatic rings. The van der Waals surface area contributed by atoms with Crippen molar-refractivity contribution in [3.8, 4) is 0 Å². The summed E-state index contributed by atoms with van der Waals surface area (Å²) in [4.78, 5) is 24.9. The van der Waals surface area contributed by atoms with Gasteiger partial charge in [0.25, 0.3) is 0 Å². The lowest BCUT2D eigenvalue weighted by atomic mass is 9.98. The number of carbonyl (C=O) groups is 2. The van der Waals surface area contributed by atoms with Crippen molar-refractivity contribution in [2.45, 2.75) is 39.7 Å². The van der Waals surface area contributed by atoms with E-state index < -0.39 is 11.9 Å². The number of likely N-dealkylation sites (tertiary alicyclic amines) is 1. The van der Waals surface area contributed by atoms with E-state index in [1.807, 2.05) is 6.92 Å². The van der Waals surface area contributed by atoms with Crippen LogP contribution < -0.4 is 5.32 Å². The number of rotatable bonds is 2. The molecule has 2 aliphatic rings. The van der Waals surface area contributed by atoms with Crippen molar-refractivity contribution in [2.75, 3.05) is 13.1 Å². The minimum atomic E-state index is -0.800. The number of nitrogens with one attached hydrogen (secondary N) is 1. The summed E-state index contributed by atoms with van der Waals surface area (Å²) in [5.74, 6) is -0.0478. The van der Waals surface area contributed by atoms with Crippen LogP contribution in [-0.4, -0.2) is 41.1 Å². The SMILES string of the molecule is CC1CN(C(=O)NC2CCC(C)C2C)CC1C(=O)O. The molecule has 1 aliphatic carbocycles. The predicted molar refractivity (Wildman–Crippen MR) is 71.7 cm³/mol. The summed E-state index contributed by atoms with van der Waals surface area (Å²) in [6.45, 7) is 7.16. The van der Waals surface area contributed by atoms with E-state index >= 15 is 0 Å². The number of nitrogens with zero attached hydrogens (tertiary/aromatic N) is 1. The van der Waals surface area contributed by atoms with E-state index in [0.29, 0.717) is 24.9 Å². The number of hydrogen-bond acceptors (Lipinski definition) is 2. The first-order valence-electron chi connectivity index (χ1n) is 7.18. The fourth-order valence-electron chi connectivity index (χ4n) is 3.27. The van der Waals surface area contributed by atoms with Gasteiger partial charge in [0, 0.05) is 19.1 Å². The number of amides is 2. The maximum Gasteiger partial charge on any atom is 0.317 e. The van der Waals surface area contributed by atoms with Gasteiger partial charge < -0.3 is 15.3 Å². The van der Waals surface area contributed by atoms with Crippen molar-refractivity contribution in [1.29, 1.82) is 0 Å². The van der Waals surface area contributed by atoms with E-state index in [0.717, 1.165) is 12.8 Å². The fraction of sp³-hybridized carbons (Fsp3) is 0.857. The van der Waals surface area contributed by atoms with Crippen LogP contribution in [0.25, 0.3) is 0 Å². The molecule has 0 aromatic heterocycles. The van der Waals surface area contributed by atoms with E-state index in [1.54, 1.807) is 4.90 Å². The van der Waals surface area contributed by atoms with Crippen molar-refractivity contribution in [3.63, 3.8) is 0 Å². The number of aliphatic carboxylic acids is 1. The van der Waals surface area contributed by atoms with E-state index in [9.17, 15) is 9.59 Å². The summed E-state index contributed by atoms with van der Waals surface area (Å²) in [6, 6.07) is 0.142. The van der Waals surface area contributed by atoms with E-state index in [2.05, 4.69) is 19.2 Å². The molecule has 108 valence electrons. The minimum Gasteiger partial charge on any atom is -0.481 e. The summed E-state index contributed by atoms with van der Waals surface area (Å²) in [6.07, 6.45) is 2.18. The standard InChI is InChI=1S/C14H24N2O3/c1-8-4-5-12(10(8)3)15-14(19)16-6-9(2)11(7-16)13(17)18/h8-12H,4-7H2,1-3H3,(H,15,19)(H,17,18). The molecule has 0 spiro atoms. The predicted octanol–water partition coefficient (Wildman–Crippen LogP) is 1.78. The molecule has 19 heavy (non-hydrogen) atoms. The van der Waals surface area contributed by atoms with Crippen LogP contribution in [-0.2, 0) is 4.79 Å². The molecule has 1 heterocycles. The summed E-state index contributed by atoms with van der Waals surface area (Å²) >= 11 is 0. The first-order chi connectivity index (χ1) is 8.90. The third-order valence-electron chi connectivity index (χ3n) is 4.99. The number of urea groups is 1. The monoisotopic (exact) mass is 268 g/mol. The number of carboxylic acids is 1. The molecule has 0 bridgehead atoms. The van der Waals surface area contributed by atoms with Crippen molar-refractivity contribution < 1.29 is 14.7 Å². The van der Waals surface area contributed by atoms with Crippen LogP contribution in [0.5, 0.6) is 0 Å². The molecule has 2 rings (SSSR count). The second-order valence-electron chi connectivity index (χ2n) is 6.30. The highest BCUT2D eigenvalue weighted by molar-refractivity contribution is 5.77. The molecule has 1 saturated carbocycles. The summed E-state index contributed by atoms with van der Waals surface area (Å²) < 4.78 is 0. The number of carboxylic acid groups (broad SMARTS) is 1. The van der Waals surface area contributed by atoms with Gasteiger partial charge in [0.2, 0.25) is 0 Å². The highest BCUT2D eigenvalue weighted by Crippen LogP contribution is 2.31. The normalized spacial score (nSPS) is 38.5. The quantitative estimate of drug-likeness (QED) is 0.802. The Hall–Kier alpha value is -1.26. The summed E-state index contributed by atoms with van der Waals surface area (Å²) in [7, 11) is 0. The van der Waals surface area contributed by atoms with Crippen molar-refractivity contribution in [3.05, 3.63) is 0 Å². The second-order valence-corrected chi connectivity index (χ2v) is 6.30. The molecule has 5 nitrogen and oxygen atoms in total. The van der Waals surface area contributed by atoms with Gasteiger partial charge in [0.1, 0.15) is 0 Å². The van der Waals surface area contributed by atoms with Crippen molar-refractivity contribution in [2.24, 2.45) is 23.7 Å². The Kier molecular flexibility index (Phi) is 4.02. The highest BCUT2D eigenvalue weighted by Gasteiger charge is 2.38. The molecule has 5 heteroatoms. The zero-order chi connectivity index (χ0) is 14.2. The molecule has 0 aromatic carbocycles. The smallest absolute Gasteiger partial charge is 0.317 e. The Bertz CT molecular complexity index is 372. The van der Waals surface area contributed by atoms with Crippen LogP contribution in [0.1, 0.15) is 33.6 Å². The van der Waals surface area contributed by atoms with Gasteiger partial charge in [0.15, 0.2) is 0 Å². The number of carbonyl (C=O) groups excluding carboxylic acids is 1. The largest absolute Gasteiger partial charge is 0.481 e. The maximum atomic E-state index is 12.2. The van der Waals surface area contributed by atoms with Crippen LogP contribution in [0, 0.1) is 23.7 Å². The van der Waals surface area contributed by atoms with Crippen molar-refractivity contribution in [1.82, 2.24) is 10.2 Å². The van der Waals surface area contributed by atoms with Gasteiger partial charge in [-0.25, -0.2) is 4.79 Å². The lowest BCUT2D eigenvalue weighted by molar-refractivity contribution is -0.142. The van der Waals surface area contributed by atoms with Crippen LogP contribution in [0.2, 0.25) is 0 Å². The Balaban J connectivity index is 1.90. The van der Waals surface area contributed by atoms with Crippen LogP contribution in [0.15, 0.2) is 0 Å².